The van der Waals surface area contributed by atoms with Crippen molar-refractivity contribution in [1.82, 2.24) is 10.2 Å². The molecule has 0 atom stereocenters. The number of nitrogens with zero attached hydrogens (tertiary/aromatic N) is 2. The molecular weight excluding hydrogens is 179 g/mol. The minimum Gasteiger partial charge on any atom is -0.206 e. The van der Waals surface area contributed by atoms with Crippen LogP contribution in [-0.2, 0) is 0 Å². The van der Waals surface area contributed by atoms with E-state index in [4.69, 9.17) is 0 Å². The van der Waals surface area contributed by atoms with Gasteiger partial charge in [0.05, 0.1) is 5.69 Å². The van der Waals surface area contributed by atoms with E-state index in [2.05, 4.69) is 10.2 Å². The Morgan fingerprint density at radius 2 is 2.07 bits per heavy atom. The van der Waals surface area contributed by atoms with E-state index in [0.717, 1.165) is 5.56 Å². The first-order valence-corrected chi connectivity index (χ1v) is 4.31. The van der Waals surface area contributed by atoms with Crippen molar-refractivity contribution < 1.29 is 4.39 Å². The first kappa shape index (κ1) is 8.81. The fourth-order valence-corrected chi connectivity index (χ4v) is 1.27. The van der Waals surface area contributed by atoms with E-state index in [1.54, 1.807) is 24.4 Å². The average molecular weight is 188 g/mol. The van der Waals surface area contributed by atoms with Crippen LogP contribution >= 0.6 is 0 Å². The first-order chi connectivity index (χ1) is 6.77. The average Bonchev–Trinajstić information content (AvgIpc) is 2.19. The Morgan fingerprint density at radius 3 is 2.71 bits per heavy atom. The van der Waals surface area contributed by atoms with Crippen LogP contribution in [0.25, 0.3) is 11.3 Å². The summed E-state index contributed by atoms with van der Waals surface area (Å²) in [6.45, 7) is 1.85. The molecule has 0 saturated heterocycles. The van der Waals surface area contributed by atoms with Crippen LogP contribution in [0.1, 0.15) is 5.56 Å². The van der Waals surface area contributed by atoms with Gasteiger partial charge in [-0.3, -0.25) is 0 Å². The zero-order valence-corrected chi connectivity index (χ0v) is 7.74. The fourth-order valence-electron chi connectivity index (χ4n) is 1.27. The van der Waals surface area contributed by atoms with E-state index in [9.17, 15) is 4.39 Å². The number of halogens is 1. The molecular formula is C11H9FN2. The fraction of sp³-hybridized carbons (Fsp3) is 0.0909. The molecule has 0 N–H and O–H groups in total. The van der Waals surface area contributed by atoms with Crippen LogP contribution in [-0.4, -0.2) is 10.2 Å². The molecule has 0 radical (unpaired) electrons. The molecule has 1 aromatic carbocycles. The molecule has 2 aromatic rings. The van der Waals surface area contributed by atoms with Gasteiger partial charge in [0.25, 0.3) is 0 Å². The highest BCUT2D eigenvalue weighted by Gasteiger charge is 2.05. The largest absolute Gasteiger partial charge is 0.206 e. The Morgan fingerprint density at radius 1 is 1.21 bits per heavy atom. The van der Waals surface area contributed by atoms with Crippen molar-refractivity contribution in [3.05, 3.63) is 47.9 Å². The maximum absolute atomic E-state index is 13.5. The number of aryl methyl sites for hydroxylation is 1. The first-order valence-electron chi connectivity index (χ1n) is 4.31. The molecule has 1 aromatic heterocycles. The second-order valence-corrected chi connectivity index (χ2v) is 3.09. The van der Waals surface area contributed by atoms with Crippen LogP contribution in [0.2, 0.25) is 0 Å². The molecule has 0 bridgehead atoms. The molecule has 0 aliphatic carbocycles. The summed E-state index contributed by atoms with van der Waals surface area (Å²) in [7, 11) is 0. The van der Waals surface area contributed by atoms with Gasteiger partial charge in [-0.15, -0.1) is 0 Å². The van der Waals surface area contributed by atoms with Gasteiger partial charge in [-0.1, -0.05) is 6.07 Å². The molecule has 2 rings (SSSR count). The van der Waals surface area contributed by atoms with Gasteiger partial charge in [-0.05, 0) is 36.8 Å². The smallest absolute Gasteiger partial charge is 0.132 e. The van der Waals surface area contributed by atoms with Crippen molar-refractivity contribution >= 4 is 0 Å². The maximum Gasteiger partial charge on any atom is 0.132 e. The number of rotatable bonds is 1. The quantitative estimate of drug-likeness (QED) is 0.687. The summed E-state index contributed by atoms with van der Waals surface area (Å²) in [6.07, 6.45) is 1.57. The van der Waals surface area contributed by atoms with Gasteiger partial charge in [0.15, 0.2) is 0 Å². The summed E-state index contributed by atoms with van der Waals surface area (Å²) in [6, 6.07) is 8.54. The van der Waals surface area contributed by atoms with E-state index in [1.165, 1.54) is 6.07 Å². The highest BCUT2D eigenvalue weighted by Crippen LogP contribution is 2.20. The summed E-state index contributed by atoms with van der Waals surface area (Å²) in [5.41, 5.74) is 1.95. The molecule has 3 heteroatoms. The van der Waals surface area contributed by atoms with Crippen molar-refractivity contribution in [2.75, 3.05) is 0 Å². The zero-order chi connectivity index (χ0) is 9.97. The van der Waals surface area contributed by atoms with E-state index in [0.29, 0.717) is 11.3 Å². The minimum absolute atomic E-state index is 0.259. The molecule has 0 saturated carbocycles. The predicted octanol–water partition coefficient (Wildman–Crippen LogP) is 2.59. The summed E-state index contributed by atoms with van der Waals surface area (Å²) in [5, 5.41) is 7.56. The third kappa shape index (κ3) is 1.62. The third-order valence-corrected chi connectivity index (χ3v) is 1.97. The van der Waals surface area contributed by atoms with Crippen LogP contribution in [0, 0.1) is 12.7 Å². The monoisotopic (exact) mass is 188 g/mol. The molecule has 0 amide bonds. The van der Waals surface area contributed by atoms with E-state index < -0.39 is 0 Å². The standard InChI is InChI=1S/C11H9FN2/c1-8-4-5-9(10(12)7-8)11-3-2-6-13-14-11/h2-7H,1H3. The second kappa shape index (κ2) is 3.54. The summed E-state index contributed by atoms with van der Waals surface area (Å²) >= 11 is 0. The maximum atomic E-state index is 13.5. The Hall–Kier alpha value is -1.77. The van der Waals surface area contributed by atoms with Crippen LogP contribution in [0.3, 0.4) is 0 Å². The number of hydrogen-bond donors (Lipinski definition) is 0. The Balaban J connectivity index is 2.53. The van der Waals surface area contributed by atoms with Crippen LogP contribution in [0.5, 0.6) is 0 Å². The lowest BCUT2D eigenvalue weighted by Gasteiger charge is -2.01. The number of aromatic nitrogens is 2. The van der Waals surface area contributed by atoms with Gasteiger partial charge < -0.3 is 0 Å². The van der Waals surface area contributed by atoms with Crippen LogP contribution in [0.15, 0.2) is 36.5 Å². The van der Waals surface area contributed by atoms with Crippen molar-refractivity contribution in [3.63, 3.8) is 0 Å². The SMILES string of the molecule is Cc1ccc(-c2cccnn2)c(F)c1. The topological polar surface area (TPSA) is 25.8 Å². The lowest BCUT2D eigenvalue weighted by molar-refractivity contribution is 0.629. The van der Waals surface area contributed by atoms with Crippen molar-refractivity contribution in [2.45, 2.75) is 6.92 Å². The van der Waals surface area contributed by atoms with Gasteiger partial charge in [0.2, 0.25) is 0 Å². The third-order valence-electron chi connectivity index (χ3n) is 1.97. The Labute approximate surface area is 81.4 Å². The highest BCUT2D eigenvalue weighted by molar-refractivity contribution is 5.59. The second-order valence-electron chi connectivity index (χ2n) is 3.09. The summed E-state index contributed by atoms with van der Waals surface area (Å²) in [5.74, 6) is -0.259. The molecule has 1 heterocycles. The van der Waals surface area contributed by atoms with Gasteiger partial charge in [-0.2, -0.15) is 10.2 Å². The van der Waals surface area contributed by atoms with Crippen LogP contribution < -0.4 is 0 Å². The minimum atomic E-state index is -0.259. The number of hydrogen-bond acceptors (Lipinski definition) is 2. The Kier molecular flexibility index (Phi) is 2.23. The zero-order valence-electron chi connectivity index (χ0n) is 7.74. The van der Waals surface area contributed by atoms with Gasteiger partial charge in [0, 0.05) is 11.8 Å². The summed E-state index contributed by atoms with van der Waals surface area (Å²) < 4.78 is 13.5. The van der Waals surface area contributed by atoms with Crippen LogP contribution in [0.4, 0.5) is 4.39 Å². The van der Waals surface area contributed by atoms with E-state index in [-0.39, 0.29) is 5.82 Å². The molecule has 70 valence electrons. The molecule has 0 unspecified atom stereocenters. The van der Waals surface area contributed by atoms with Gasteiger partial charge in [-0.25, -0.2) is 4.39 Å². The lowest BCUT2D eigenvalue weighted by Crippen LogP contribution is -1.89. The van der Waals surface area contributed by atoms with E-state index >= 15 is 0 Å². The van der Waals surface area contributed by atoms with Crippen molar-refractivity contribution in [1.29, 1.82) is 0 Å². The number of benzene rings is 1. The molecule has 0 aliphatic rings. The van der Waals surface area contributed by atoms with E-state index in [1.807, 2.05) is 13.0 Å². The summed E-state index contributed by atoms with van der Waals surface area (Å²) in [4.78, 5) is 0. The van der Waals surface area contributed by atoms with Crippen molar-refractivity contribution in [2.24, 2.45) is 0 Å². The molecule has 0 spiro atoms. The molecule has 2 nitrogen and oxygen atoms in total. The molecule has 0 aliphatic heterocycles. The Bertz CT molecular complexity index is 440. The lowest BCUT2D eigenvalue weighted by atomic mass is 10.1. The molecule has 0 fully saturated rings. The molecule has 14 heavy (non-hydrogen) atoms. The highest BCUT2D eigenvalue weighted by atomic mass is 19.1. The van der Waals surface area contributed by atoms with Crippen molar-refractivity contribution in [3.8, 4) is 11.3 Å². The predicted molar refractivity (Wildman–Crippen MR) is 52.2 cm³/mol. The normalized spacial score (nSPS) is 10.1. The van der Waals surface area contributed by atoms with Gasteiger partial charge >= 0.3 is 0 Å². The van der Waals surface area contributed by atoms with Gasteiger partial charge in [0.1, 0.15) is 5.82 Å².